The number of aliphatic hydroxyl groups excluding tert-OH is 1. The Labute approximate surface area is 96.3 Å². The Morgan fingerprint density at radius 2 is 2.27 bits per heavy atom. The van der Waals surface area contributed by atoms with Crippen molar-refractivity contribution in [1.82, 2.24) is 5.32 Å². The first-order valence-corrected chi connectivity index (χ1v) is 5.69. The van der Waals surface area contributed by atoms with Gasteiger partial charge in [-0.1, -0.05) is 23.7 Å². The van der Waals surface area contributed by atoms with E-state index >= 15 is 0 Å². The van der Waals surface area contributed by atoms with Crippen molar-refractivity contribution in [3.05, 3.63) is 34.9 Å². The van der Waals surface area contributed by atoms with Crippen LogP contribution in [0.1, 0.15) is 25.3 Å². The lowest BCUT2D eigenvalue weighted by atomic mass is 10.1. The lowest BCUT2D eigenvalue weighted by molar-refractivity contribution is 0.276. The molecule has 0 amide bonds. The summed E-state index contributed by atoms with van der Waals surface area (Å²) in [5.41, 5.74) is 1.19. The second-order valence-electron chi connectivity index (χ2n) is 3.78. The van der Waals surface area contributed by atoms with Crippen LogP contribution in [0.5, 0.6) is 0 Å². The Hall–Kier alpha value is -0.570. The highest BCUT2D eigenvalue weighted by Gasteiger charge is 2.01. The van der Waals surface area contributed by atoms with Crippen LogP contribution in [0.25, 0.3) is 0 Å². The van der Waals surface area contributed by atoms with Crippen molar-refractivity contribution in [3.8, 4) is 0 Å². The standard InChI is InChI=1S/C12H18ClNO/c1-10(4-3-7-15)14-9-11-5-2-6-12(13)8-11/h2,5-6,8,10,14-15H,3-4,7,9H2,1H3/t10-/m0/s1. The molecule has 0 spiro atoms. The van der Waals surface area contributed by atoms with Crippen LogP contribution in [0.15, 0.2) is 24.3 Å². The summed E-state index contributed by atoms with van der Waals surface area (Å²) < 4.78 is 0. The van der Waals surface area contributed by atoms with Crippen molar-refractivity contribution < 1.29 is 5.11 Å². The Bertz CT molecular complexity index is 291. The van der Waals surface area contributed by atoms with Gasteiger partial charge in [-0.3, -0.25) is 0 Å². The fourth-order valence-electron chi connectivity index (χ4n) is 1.44. The van der Waals surface area contributed by atoms with Crippen molar-refractivity contribution in [1.29, 1.82) is 0 Å². The zero-order valence-electron chi connectivity index (χ0n) is 9.04. The van der Waals surface area contributed by atoms with E-state index in [1.807, 2.05) is 18.2 Å². The minimum Gasteiger partial charge on any atom is -0.396 e. The van der Waals surface area contributed by atoms with Crippen LogP contribution in [-0.4, -0.2) is 17.8 Å². The first-order chi connectivity index (χ1) is 7.22. The van der Waals surface area contributed by atoms with E-state index in [9.17, 15) is 0 Å². The average Bonchev–Trinajstić information content (AvgIpc) is 2.23. The number of benzene rings is 1. The fraction of sp³-hybridized carbons (Fsp3) is 0.500. The normalized spacial score (nSPS) is 12.7. The monoisotopic (exact) mass is 227 g/mol. The second kappa shape index (κ2) is 6.83. The molecular formula is C12H18ClNO. The molecule has 84 valence electrons. The van der Waals surface area contributed by atoms with E-state index in [-0.39, 0.29) is 6.61 Å². The van der Waals surface area contributed by atoms with Crippen LogP contribution < -0.4 is 5.32 Å². The number of nitrogens with one attached hydrogen (secondary N) is 1. The minimum atomic E-state index is 0.267. The summed E-state index contributed by atoms with van der Waals surface area (Å²) in [6.07, 6.45) is 1.85. The van der Waals surface area contributed by atoms with Gasteiger partial charge >= 0.3 is 0 Å². The summed E-state index contributed by atoms with van der Waals surface area (Å²) >= 11 is 5.88. The van der Waals surface area contributed by atoms with Crippen LogP contribution in [0.3, 0.4) is 0 Å². The maximum Gasteiger partial charge on any atom is 0.0431 e. The quantitative estimate of drug-likeness (QED) is 0.783. The Kier molecular flexibility index (Phi) is 5.69. The van der Waals surface area contributed by atoms with E-state index < -0.39 is 0 Å². The Morgan fingerprint density at radius 3 is 2.93 bits per heavy atom. The molecule has 0 aliphatic rings. The van der Waals surface area contributed by atoms with Gasteiger partial charge in [-0.05, 0) is 37.5 Å². The minimum absolute atomic E-state index is 0.267. The topological polar surface area (TPSA) is 32.3 Å². The summed E-state index contributed by atoms with van der Waals surface area (Å²) in [7, 11) is 0. The summed E-state index contributed by atoms with van der Waals surface area (Å²) in [5, 5.41) is 12.9. The van der Waals surface area contributed by atoms with Gasteiger partial charge in [-0.2, -0.15) is 0 Å². The average molecular weight is 228 g/mol. The lowest BCUT2D eigenvalue weighted by Crippen LogP contribution is -2.25. The molecular weight excluding hydrogens is 210 g/mol. The third-order valence-electron chi connectivity index (χ3n) is 2.34. The van der Waals surface area contributed by atoms with E-state index in [1.54, 1.807) is 0 Å². The number of rotatable bonds is 6. The van der Waals surface area contributed by atoms with Gasteiger partial charge in [0.1, 0.15) is 0 Å². The molecule has 0 saturated carbocycles. The molecule has 15 heavy (non-hydrogen) atoms. The van der Waals surface area contributed by atoms with Crippen molar-refractivity contribution >= 4 is 11.6 Å². The molecule has 1 rings (SSSR count). The SMILES string of the molecule is C[C@@H](CCCO)NCc1cccc(Cl)c1. The summed E-state index contributed by atoms with van der Waals surface area (Å²) in [4.78, 5) is 0. The first kappa shape index (κ1) is 12.5. The number of hydrogen-bond donors (Lipinski definition) is 2. The summed E-state index contributed by atoms with van der Waals surface area (Å²) in [6.45, 7) is 3.22. The Morgan fingerprint density at radius 1 is 1.47 bits per heavy atom. The van der Waals surface area contributed by atoms with E-state index in [1.165, 1.54) is 5.56 Å². The molecule has 2 N–H and O–H groups in total. The molecule has 0 heterocycles. The molecule has 0 fully saturated rings. The lowest BCUT2D eigenvalue weighted by Gasteiger charge is -2.13. The molecule has 1 aromatic rings. The number of hydrogen-bond acceptors (Lipinski definition) is 2. The van der Waals surface area contributed by atoms with E-state index in [0.717, 1.165) is 24.4 Å². The van der Waals surface area contributed by atoms with Gasteiger partial charge in [0.25, 0.3) is 0 Å². The highest BCUT2D eigenvalue weighted by molar-refractivity contribution is 6.30. The van der Waals surface area contributed by atoms with Crippen molar-refractivity contribution in [3.63, 3.8) is 0 Å². The molecule has 2 nitrogen and oxygen atoms in total. The van der Waals surface area contributed by atoms with Gasteiger partial charge in [0.2, 0.25) is 0 Å². The molecule has 0 saturated heterocycles. The number of halogens is 1. The third-order valence-corrected chi connectivity index (χ3v) is 2.57. The van der Waals surface area contributed by atoms with Gasteiger partial charge in [0.15, 0.2) is 0 Å². The van der Waals surface area contributed by atoms with Gasteiger partial charge < -0.3 is 10.4 Å². The van der Waals surface area contributed by atoms with Gasteiger partial charge in [0.05, 0.1) is 0 Å². The molecule has 0 unspecified atom stereocenters. The van der Waals surface area contributed by atoms with Crippen LogP contribution in [0, 0.1) is 0 Å². The van der Waals surface area contributed by atoms with E-state index in [0.29, 0.717) is 6.04 Å². The molecule has 0 radical (unpaired) electrons. The summed E-state index contributed by atoms with van der Waals surface area (Å²) in [5.74, 6) is 0. The van der Waals surface area contributed by atoms with Gasteiger partial charge in [0, 0.05) is 24.2 Å². The van der Waals surface area contributed by atoms with Crippen LogP contribution in [-0.2, 0) is 6.54 Å². The fourth-order valence-corrected chi connectivity index (χ4v) is 1.65. The smallest absolute Gasteiger partial charge is 0.0431 e. The number of aliphatic hydroxyl groups is 1. The maximum atomic E-state index is 8.69. The zero-order chi connectivity index (χ0) is 11.1. The molecule has 0 aliphatic heterocycles. The maximum absolute atomic E-state index is 8.69. The van der Waals surface area contributed by atoms with Crippen molar-refractivity contribution in [2.75, 3.05) is 6.61 Å². The highest BCUT2D eigenvalue weighted by Crippen LogP contribution is 2.10. The molecule has 1 aromatic carbocycles. The van der Waals surface area contributed by atoms with Crippen LogP contribution in [0.4, 0.5) is 0 Å². The molecule has 0 bridgehead atoms. The molecule has 1 atom stereocenters. The second-order valence-corrected chi connectivity index (χ2v) is 4.21. The molecule has 0 aliphatic carbocycles. The van der Waals surface area contributed by atoms with Gasteiger partial charge in [-0.15, -0.1) is 0 Å². The predicted molar refractivity (Wildman–Crippen MR) is 64.1 cm³/mol. The van der Waals surface area contributed by atoms with E-state index in [4.69, 9.17) is 16.7 Å². The van der Waals surface area contributed by atoms with Crippen molar-refractivity contribution in [2.24, 2.45) is 0 Å². The zero-order valence-corrected chi connectivity index (χ0v) is 9.80. The highest BCUT2D eigenvalue weighted by atomic mass is 35.5. The van der Waals surface area contributed by atoms with Gasteiger partial charge in [-0.25, -0.2) is 0 Å². The van der Waals surface area contributed by atoms with Crippen molar-refractivity contribution in [2.45, 2.75) is 32.4 Å². The Balaban J connectivity index is 2.30. The van der Waals surface area contributed by atoms with E-state index in [2.05, 4.69) is 18.3 Å². The summed E-state index contributed by atoms with van der Waals surface area (Å²) in [6, 6.07) is 8.28. The largest absolute Gasteiger partial charge is 0.396 e. The predicted octanol–water partition coefficient (Wildman–Crippen LogP) is 2.59. The molecule has 3 heteroatoms. The first-order valence-electron chi connectivity index (χ1n) is 5.31. The third kappa shape index (κ3) is 5.17. The molecule has 0 aromatic heterocycles. The van der Waals surface area contributed by atoms with Crippen LogP contribution >= 0.6 is 11.6 Å². The van der Waals surface area contributed by atoms with Crippen LogP contribution in [0.2, 0.25) is 5.02 Å².